The smallest absolute Gasteiger partial charge is 0.191 e. The summed E-state index contributed by atoms with van der Waals surface area (Å²) in [6.45, 7) is 7.32. The Hall–Kier alpha value is -1.95. The Balaban J connectivity index is 1.86. The van der Waals surface area contributed by atoms with Crippen LogP contribution in [0.3, 0.4) is 0 Å². The summed E-state index contributed by atoms with van der Waals surface area (Å²) in [5, 5.41) is 6.56. The molecule has 1 aliphatic rings. The molecule has 1 aromatic rings. The Bertz CT molecular complexity index is 521. The summed E-state index contributed by atoms with van der Waals surface area (Å²) < 4.78 is 10.4. The van der Waals surface area contributed by atoms with Crippen molar-refractivity contribution in [1.29, 1.82) is 0 Å². The Morgan fingerprint density at radius 2 is 2.21 bits per heavy atom. The molecule has 0 amide bonds. The van der Waals surface area contributed by atoms with E-state index < -0.39 is 0 Å². The molecule has 0 aromatic heterocycles. The van der Waals surface area contributed by atoms with Gasteiger partial charge in [0.1, 0.15) is 5.75 Å². The van der Waals surface area contributed by atoms with Crippen LogP contribution >= 0.6 is 0 Å². The van der Waals surface area contributed by atoms with Gasteiger partial charge >= 0.3 is 0 Å². The van der Waals surface area contributed by atoms with E-state index in [9.17, 15) is 0 Å². The van der Waals surface area contributed by atoms with Crippen LogP contribution in [0.1, 0.15) is 13.3 Å². The molecule has 1 aromatic carbocycles. The number of hydrogen-bond acceptors (Lipinski definition) is 4. The molecule has 0 radical (unpaired) electrons. The van der Waals surface area contributed by atoms with Gasteiger partial charge in [0.05, 0.1) is 13.7 Å². The van der Waals surface area contributed by atoms with Crippen molar-refractivity contribution in [2.45, 2.75) is 13.3 Å². The first-order valence-electron chi connectivity index (χ1n) is 8.67. The highest BCUT2D eigenvalue weighted by molar-refractivity contribution is 5.79. The molecule has 0 saturated carbocycles. The van der Waals surface area contributed by atoms with Gasteiger partial charge in [-0.25, -0.2) is 0 Å². The fourth-order valence-corrected chi connectivity index (χ4v) is 2.86. The predicted molar refractivity (Wildman–Crippen MR) is 99.2 cm³/mol. The van der Waals surface area contributed by atoms with Crippen LogP contribution in [0.25, 0.3) is 0 Å². The summed E-state index contributed by atoms with van der Waals surface area (Å²) in [6, 6.07) is 8.27. The van der Waals surface area contributed by atoms with Gasteiger partial charge in [-0.05, 0) is 31.4 Å². The summed E-state index contributed by atoms with van der Waals surface area (Å²) in [6.07, 6.45) is 1.16. The number of nitrogens with zero attached hydrogens (tertiary/aromatic N) is 2. The van der Waals surface area contributed by atoms with Crippen molar-refractivity contribution in [3.8, 4) is 5.75 Å². The third-order valence-electron chi connectivity index (χ3n) is 4.15. The lowest BCUT2D eigenvalue weighted by Gasteiger charge is -2.19. The fraction of sp³-hybridized carbons (Fsp3) is 0.611. The van der Waals surface area contributed by atoms with Crippen molar-refractivity contribution in [2.24, 2.45) is 10.9 Å². The summed E-state index contributed by atoms with van der Waals surface area (Å²) in [4.78, 5) is 7.13. The van der Waals surface area contributed by atoms with E-state index in [2.05, 4.69) is 34.6 Å². The molecule has 2 N–H and O–H groups in total. The van der Waals surface area contributed by atoms with Crippen LogP contribution in [0.2, 0.25) is 0 Å². The molecule has 0 bridgehead atoms. The summed E-state index contributed by atoms with van der Waals surface area (Å²) in [5.74, 6) is 2.36. The van der Waals surface area contributed by atoms with Gasteiger partial charge in [-0.1, -0.05) is 6.07 Å². The van der Waals surface area contributed by atoms with Gasteiger partial charge in [0, 0.05) is 51.6 Å². The van der Waals surface area contributed by atoms with Crippen molar-refractivity contribution in [3.05, 3.63) is 24.3 Å². The van der Waals surface area contributed by atoms with Crippen molar-refractivity contribution >= 4 is 11.6 Å². The van der Waals surface area contributed by atoms with Crippen molar-refractivity contribution in [1.82, 2.24) is 10.6 Å². The summed E-state index contributed by atoms with van der Waals surface area (Å²) >= 11 is 0. The van der Waals surface area contributed by atoms with E-state index in [4.69, 9.17) is 14.5 Å². The molecular weight excluding hydrogens is 304 g/mol. The third-order valence-corrected chi connectivity index (χ3v) is 4.15. The van der Waals surface area contributed by atoms with E-state index in [0.29, 0.717) is 12.5 Å². The van der Waals surface area contributed by atoms with E-state index >= 15 is 0 Å². The average molecular weight is 334 g/mol. The number of methoxy groups -OCH3 is 2. The fourth-order valence-electron chi connectivity index (χ4n) is 2.86. The molecule has 6 nitrogen and oxygen atoms in total. The van der Waals surface area contributed by atoms with Crippen LogP contribution < -0.4 is 20.3 Å². The molecule has 1 atom stereocenters. The SMILES string of the molecule is CCNC(=NCC1CCN(c2cccc(OC)c2)C1)NCCOC. The number of guanidine groups is 1. The van der Waals surface area contributed by atoms with Gasteiger partial charge in [0.2, 0.25) is 0 Å². The molecule has 1 aliphatic heterocycles. The zero-order chi connectivity index (χ0) is 17.2. The maximum Gasteiger partial charge on any atom is 0.191 e. The van der Waals surface area contributed by atoms with E-state index in [1.807, 2.05) is 12.1 Å². The molecule has 1 heterocycles. The molecule has 1 saturated heterocycles. The normalized spacial score (nSPS) is 17.9. The lowest BCUT2D eigenvalue weighted by molar-refractivity contribution is 0.203. The second-order valence-corrected chi connectivity index (χ2v) is 5.94. The summed E-state index contributed by atoms with van der Waals surface area (Å²) in [7, 11) is 3.41. The maximum atomic E-state index is 5.32. The Labute approximate surface area is 145 Å². The van der Waals surface area contributed by atoms with E-state index in [0.717, 1.165) is 50.9 Å². The standard InChI is InChI=1S/C18H30N4O2/c1-4-19-18(20-9-11-23-2)21-13-15-8-10-22(14-15)16-6-5-7-17(12-16)24-3/h5-7,12,15H,4,8-11,13-14H2,1-3H3,(H2,19,20,21). The largest absolute Gasteiger partial charge is 0.497 e. The highest BCUT2D eigenvalue weighted by Gasteiger charge is 2.22. The Morgan fingerprint density at radius 1 is 1.33 bits per heavy atom. The van der Waals surface area contributed by atoms with Gasteiger partial charge in [-0.15, -0.1) is 0 Å². The van der Waals surface area contributed by atoms with E-state index in [-0.39, 0.29) is 0 Å². The molecular formula is C18H30N4O2. The lowest BCUT2D eigenvalue weighted by Crippen LogP contribution is -2.39. The molecule has 0 aliphatic carbocycles. The molecule has 1 unspecified atom stereocenters. The monoisotopic (exact) mass is 334 g/mol. The maximum absolute atomic E-state index is 5.32. The first-order chi connectivity index (χ1) is 11.8. The van der Waals surface area contributed by atoms with Crippen LogP contribution in [0.5, 0.6) is 5.75 Å². The van der Waals surface area contributed by atoms with E-state index in [1.54, 1.807) is 14.2 Å². The number of benzene rings is 1. The topological polar surface area (TPSA) is 58.1 Å². The first-order valence-corrected chi connectivity index (χ1v) is 8.67. The van der Waals surface area contributed by atoms with Crippen LogP contribution in [-0.4, -0.2) is 59.5 Å². The van der Waals surface area contributed by atoms with E-state index in [1.165, 1.54) is 5.69 Å². The minimum atomic E-state index is 0.578. The molecule has 2 rings (SSSR count). The summed E-state index contributed by atoms with van der Waals surface area (Å²) in [5.41, 5.74) is 1.23. The average Bonchev–Trinajstić information content (AvgIpc) is 3.09. The lowest BCUT2D eigenvalue weighted by atomic mass is 10.1. The molecule has 0 spiro atoms. The molecule has 134 valence electrons. The van der Waals surface area contributed by atoms with Crippen molar-refractivity contribution in [2.75, 3.05) is 58.5 Å². The molecule has 1 fully saturated rings. The second-order valence-electron chi connectivity index (χ2n) is 5.94. The van der Waals surface area contributed by atoms with Crippen LogP contribution in [0.15, 0.2) is 29.3 Å². The highest BCUT2D eigenvalue weighted by atomic mass is 16.5. The minimum Gasteiger partial charge on any atom is -0.497 e. The number of ether oxygens (including phenoxy) is 2. The van der Waals surface area contributed by atoms with Crippen molar-refractivity contribution < 1.29 is 9.47 Å². The molecule has 24 heavy (non-hydrogen) atoms. The first kappa shape index (κ1) is 18.4. The number of rotatable bonds is 8. The predicted octanol–water partition coefficient (Wildman–Crippen LogP) is 1.72. The number of nitrogens with one attached hydrogen (secondary N) is 2. The number of hydrogen-bond donors (Lipinski definition) is 2. The van der Waals surface area contributed by atoms with Gasteiger partial charge < -0.3 is 25.0 Å². The quantitative estimate of drug-likeness (QED) is 0.431. The van der Waals surface area contributed by atoms with Gasteiger partial charge in [-0.3, -0.25) is 4.99 Å². The van der Waals surface area contributed by atoms with Gasteiger partial charge in [0.15, 0.2) is 5.96 Å². The number of aliphatic imine (C=N–C) groups is 1. The van der Waals surface area contributed by atoms with Crippen LogP contribution in [-0.2, 0) is 4.74 Å². The third kappa shape index (κ3) is 5.60. The number of anilines is 1. The highest BCUT2D eigenvalue weighted by Crippen LogP contribution is 2.26. The Kier molecular flexibility index (Phi) is 7.68. The second kappa shape index (κ2) is 10.0. The van der Waals surface area contributed by atoms with Crippen molar-refractivity contribution in [3.63, 3.8) is 0 Å². The zero-order valence-corrected chi connectivity index (χ0v) is 15.0. The minimum absolute atomic E-state index is 0.578. The van der Waals surface area contributed by atoms with Gasteiger partial charge in [0.25, 0.3) is 0 Å². The molecule has 6 heteroatoms. The van der Waals surface area contributed by atoms with Crippen LogP contribution in [0.4, 0.5) is 5.69 Å². The van der Waals surface area contributed by atoms with Gasteiger partial charge in [-0.2, -0.15) is 0 Å². The Morgan fingerprint density at radius 3 is 2.96 bits per heavy atom. The van der Waals surface area contributed by atoms with Crippen LogP contribution in [0, 0.1) is 5.92 Å². The zero-order valence-electron chi connectivity index (χ0n) is 15.0.